The molecular weight excluding hydrogens is 178 g/mol. The van der Waals surface area contributed by atoms with Gasteiger partial charge in [0.25, 0.3) is 0 Å². The van der Waals surface area contributed by atoms with Gasteiger partial charge in [-0.25, -0.2) is 4.79 Å². The minimum atomic E-state index is -0.169. The van der Waals surface area contributed by atoms with Crippen molar-refractivity contribution in [1.29, 1.82) is 0 Å². The molecule has 0 aromatic rings. The minimum Gasteiger partial charge on any atom is -1.00 e. The van der Waals surface area contributed by atoms with Crippen LogP contribution in [0, 0.1) is 0 Å². The van der Waals surface area contributed by atoms with E-state index in [1.807, 2.05) is 6.08 Å². The Bertz CT molecular complexity index is 191. The number of likely N-dealkylation sites (N-methyl/N-ethyl adjacent to an activating group) is 1. The van der Waals surface area contributed by atoms with E-state index < -0.39 is 0 Å². The fourth-order valence-corrected chi connectivity index (χ4v) is 1.17. The lowest BCUT2D eigenvalue weighted by Gasteiger charge is -2.17. The highest BCUT2D eigenvalue weighted by Gasteiger charge is 2.16. The molecule has 0 saturated heterocycles. The van der Waals surface area contributed by atoms with Crippen LogP contribution in [0.4, 0.5) is 0 Å². The molecule has 0 aromatic carbocycles. The Labute approximate surface area is 78.8 Å². The van der Waals surface area contributed by atoms with Crippen molar-refractivity contribution in [2.45, 2.75) is 6.42 Å². The van der Waals surface area contributed by atoms with Gasteiger partial charge in [-0.2, -0.15) is 0 Å². The second kappa shape index (κ2) is 5.17. The summed E-state index contributed by atoms with van der Waals surface area (Å²) in [5, 5.41) is 0. The van der Waals surface area contributed by atoms with Crippen molar-refractivity contribution in [2.75, 3.05) is 27.2 Å². The highest BCUT2D eigenvalue weighted by atomic mass is 35.5. The smallest absolute Gasteiger partial charge is 0.333 e. The van der Waals surface area contributed by atoms with Gasteiger partial charge in [0.15, 0.2) is 0 Å². The molecule has 0 fully saturated rings. The Balaban J connectivity index is 0.00000121. The molecule has 1 atom stereocenters. The third-order valence-electron chi connectivity index (χ3n) is 1.97. The Hall–Kier alpha value is -0.540. The molecule has 1 N–H and O–H groups in total. The van der Waals surface area contributed by atoms with E-state index in [1.54, 1.807) is 0 Å². The number of esters is 1. The van der Waals surface area contributed by atoms with Gasteiger partial charge in [0.2, 0.25) is 0 Å². The number of ether oxygens (including phenoxy) is 1. The molecule has 0 saturated carbocycles. The highest BCUT2D eigenvalue weighted by molar-refractivity contribution is 5.88. The summed E-state index contributed by atoms with van der Waals surface area (Å²) in [7, 11) is 3.54. The first-order valence-corrected chi connectivity index (χ1v) is 3.82. The number of halogens is 1. The largest absolute Gasteiger partial charge is 1.00 e. The van der Waals surface area contributed by atoms with Crippen LogP contribution in [0.3, 0.4) is 0 Å². The average Bonchev–Trinajstić information content (AvgIpc) is 2.05. The number of hydrogen-bond donors (Lipinski definition) is 1. The third kappa shape index (κ3) is 2.83. The monoisotopic (exact) mass is 191 g/mol. The zero-order chi connectivity index (χ0) is 8.27. The van der Waals surface area contributed by atoms with E-state index >= 15 is 0 Å². The molecule has 0 radical (unpaired) electrons. The summed E-state index contributed by atoms with van der Waals surface area (Å²) in [5.74, 6) is -0.169. The predicted molar refractivity (Wildman–Crippen MR) is 41.3 cm³/mol. The second-order valence-electron chi connectivity index (χ2n) is 2.88. The molecule has 0 amide bonds. The molecule has 1 rings (SSSR count). The SMILES string of the molecule is COC(=O)C1=CC[NH+](C)CC1.[Cl-]. The molecular formula is C8H14ClNO2. The Morgan fingerprint density at radius 3 is 2.75 bits per heavy atom. The minimum absolute atomic E-state index is 0. The van der Waals surface area contributed by atoms with E-state index in [0.29, 0.717) is 0 Å². The van der Waals surface area contributed by atoms with Crippen LogP contribution in [-0.2, 0) is 9.53 Å². The maximum Gasteiger partial charge on any atom is 0.333 e. The van der Waals surface area contributed by atoms with E-state index in [-0.39, 0.29) is 18.4 Å². The van der Waals surface area contributed by atoms with Crippen molar-refractivity contribution in [3.8, 4) is 0 Å². The number of rotatable bonds is 1. The molecule has 0 aromatic heterocycles. The Kier molecular flexibility index (Phi) is 4.93. The first-order valence-electron chi connectivity index (χ1n) is 3.82. The summed E-state index contributed by atoms with van der Waals surface area (Å²) < 4.78 is 4.61. The molecule has 70 valence electrons. The third-order valence-corrected chi connectivity index (χ3v) is 1.97. The number of nitrogens with one attached hydrogen (secondary N) is 1. The number of carbonyl (C=O) groups excluding carboxylic acids is 1. The van der Waals surface area contributed by atoms with Gasteiger partial charge < -0.3 is 22.0 Å². The maximum absolute atomic E-state index is 11.0. The van der Waals surface area contributed by atoms with Crippen LogP contribution in [0.5, 0.6) is 0 Å². The fraction of sp³-hybridized carbons (Fsp3) is 0.625. The molecule has 4 heteroatoms. The van der Waals surface area contributed by atoms with Gasteiger partial charge in [-0.1, -0.05) is 0 Å². The highest BCUT2D eigenvalue weighted by Crippen LogP contribution is 2.03. The summed E-state index contributed by atoms with van der Waals surface area (Å²) >= 11 is 0. The normalized spacial score (nSPS) is 22.2. The quantitative estimate of drug-likeness (QED) is 0.429. The van der Waals surface area contributed by atoms with Crippen molar-refractivity contribution >= 4 is 5.97 Å². The zero-order valence-corrected chi connectivity index (χ0v) is 8.15. The number of methoxy groups -OCH3 is 1. The molecule has 0 bridgehead atoms. The standard InChI is InChI=1S/C8H13NO2.ClH/c1-9-5-3-7(4-6-9)8(10)11-2;/h3H,4-6H2,1-2H3;1H. The Morgan fingerprint density at radius 2 is 2.33 bits per heavy atom. The summed E-state index contributed by atoms with van der Waals surface area (Å²) in [6.45, 7) is 1.96. The fourth-order valence-electron chi connectivity index (χ4n) is 1.17. The second-order valence-corrected chi connectivity index (χ2v) is 2.88. The summed E-state index contributed by atoms with van der Waals surface area (Å²) in [6.07, 6.45) is 2.81. The molecule has 12 heavy (non-hydrogen) atoms. The van der Waals surface area contributed by atoms with Crippen LogP contribution < -0.4 is 17.3 Å². The van der Waals surface area contributed by atoms with E-state index in [1.165, 1.54) is 12.0 Å². The van der Waals surface area contributed by atoms with Gasteiger partial charge in [0.1, 0.15) is 0 Å². The van der Waals surface area contributed by atoms with Crippen LogP contribution in [0.25, 0.3) is 0 Å². The molecule has 1 unspecified atom stereocenters. The lowest BCUT2D eigenvalue weighted by atomic mass is 10.1. The number of hydrogen-bond acceptors (Lipinski definition) is 2. The van der Waals surface area contributed by atoms with Crippen LogP contribution in [-0.4, -0.2) is 33.2 Å². The Morgan fingerprint density at radius 1 is 1.67 bits per heavy atom. The molecule has 3 nitrogen and oxygen atoms in total. The van der Waals surface area contributed by atoms with Crippen molar-refractivity contribution in [1.82, 2.24) is 0 Å². The molecule has 1 aliphatic heterocycles. The number of carbonyl (C=O) groups is 1. The summed E-state index contributed by atoms with van der Waals surface area (Å²) in [5.41, 5.74) is 0.832. The van der Waals surface area contributed by atoms with Gasteiger partial charge in [-0.15, -0.1) is 0 Å². The number of quaternary nitrogens is 1. The maximum atomic E-state index is 11.0. The molecule has 1 aliphatic rings. The van der Waals surface area contributed by atoms with Crippen molar-refractivity contribution in [3.05, 3.63) is 11.6 Å². The van der Waals surface area contributed by atoms with Crippen LogP contribution in [0.2, 0.25) is 0 Å². The molecule has 0 aliphatic carbocycles. The van der Waals surface area contributed by atoms with Gasteiger partial charge >= 0.3 is 5.97 Å². The van der Waals surface area contributed by atoms with E-state index in [4.69, 9.17) is 0 Å². The van der Waals surface area contributed by atoms with Crippen LogP contribution in [0.15, 0.2) is 11.6 Å². The zero-order valence-electron chi connectivity index (χ0n) is 7.39. The average molecular weight is 192 g/mol. The first kappa shape index (κ1) is 11.5. The van der Waals surface area contributed by atoms with Gasteiger partial charge in [0.05, 0.1) is 27.2 Å². The van der Waals surface area contributed by atoms with Gasteiger partial charge in [0, 0.05) is 12.0 Å². The first-order chi connectivity index (χ1) is 5.24. The van der Waals surface area contributed by atoms with Crippen LogP contribution >= 0.6 is 0 Å². The lowest BCUT2D eigenvalue weighted by molar-refractivity contribution is -0.874. The summed E-state index contributed by atoms with van der Waals surface area (Å²) in [6, 6.07) is 0. The van der Waals surface area contributed by atoms with Crippen molar-refractivity contribution < 1.29 is 26.8 Å². The van der Waals surface area contributed by atoms with Gasteiger partial charge in [-0.05, 0) is 6.08 Å². The van der Waals surface area contributed by atoms with Crippen LogP contribution in [0.1, 0.15) is 6.42 Å². The summed E-state index contributed by atoms with van der Waals surface area (Å²) in [4.78, 5) is 12.4. The molecule has 0 spiro atoms. The van der Waals surface area contributed by atoms with Crippen molar-refractivity contribution in [2.24, 2.45) is 0 Å². The van der Waals surface area contributed by atoms with E-state index in [9.17, 15) is 4.79 Å². The topological polar surface area (TPSA) is 30.7 Å². The lowest BCUT2D eigenvalue weighted by Crippen LogP contribution is -3.09. The van der Waals surface area contributed by atoms with E-state index in [0.717, 1.165) is 25.1 Å². The van der Waals surface area contributed by atoms with Gasteiger partial charge in [-0.3, -0.25) is 0 Å². The van der Waals surface area contributed by atoms with E-state index in [2.05, 4.69) is 11.8 Å². The van der Waals surface area contributed by atoms with Crippen molar-refractivity contribution in [3.63, 3.8) is 0 Å². The molecule has 1 heterocycles. The predicted octanol–water partition coefficient (Wildman–Crippen LogP) is -3.99.